The van der Waals surface area contributed by atoms with Crippen LogP contribution in [0.2, 0.25) is 0 Å². The van der Waals surface area contributed by atoms with Crippen molar-refractivity contribution in [2.75, 3.05) is 22.9 Å². The van der Waals surface area contributed by atoms with Crippen LogP contribution in [-0.4, -0.2) is 41.1 Å². The van der Waals surface area contributed by atoms with Gasteiger partial charge in [0.2, 0.25) is 22.1 Å². The molecular weight excluding hydrogens is 369 g/mol. The lowest BCUT2D eigenvalue weighted by atomic mass is 10.2. The van der Waals surface area contributed by atoms with Crippen LogP contribution in [0.15, 0.2) is 24.3 Å². The molecule has 2 aliphatic rings. The summed E-state index contributed by atoms with van der Waals surface area (Å²) in [6, 6.07) is 5.77. The Morgan fingerprint density at radius 2 is 1.96 bits per heavy atom. The molecule has 1 aromatic heterocycles. The van der Waals surface area contributed by atoms with Crippen LogP contribution in [0.5, 0.6) is 0 Å². The summed E-state index contributed by atoms with van der Waals surface area (Å²) in [6.07, 6.45) is 3.03. The molecule has 1 aromatic carbocycles. The molecular formula is C18H20FN5O2S. The summed E-state index contributed by atoms with van der Waals surface area (Å²) >= 11 is 1.36. The number of nitrogens with one attached hydrogen (secondary N) is 1. The van der Waals surface area contributed by atoms with Crippen LogP contribution in [0.25, 0.3) is 0 Å². The number of carbonyl (C=O) groups excluding carboxylic acids is 2. The Kier molecular flexibility index (Phi) is 5.02. The Morgan fingerprint density at radius 3 is 2.70 bits per heavy atom. The van der Waals surface area contributed by atoms with Crippen molar-refractivity contribution >= 4 is 33.4 Å². The normalized spacial score (nSPS) is 19.7. The molecule has 2 fully saturated rings. The highest BCUT2D eigenvalue weighted by Gasteiger charge is 2.34. The fourth-order valence-corrected chi connectivity index (χ4v) is 4.43. The first kappa shape index (κ1) is 17.8. The van der Waals surface area contributed by atoms with E-state index in [1.807, 2.05) is 4.90 Å². The van der Waals surface area contributed by atoms with Crippen LogP contribution in [0.3, 0.4) is 0 Å². The predicted molar refractivity (Wildman–Crippen MR) is 100 cm³/mol. The highest BCUT2D eigenvalue weighted by molar-refractivity contribution is 7.19. The zero-order valence-electron chi connectivity index (χ0n) is 14.7. The first-order chi connectivity index (χ1) is 13.1. The number of nitrogens with zero attached hydrogens (tertiary/aromatic N) is 4. The van der Waals surface area contributed by atoms with E-state index in [4.69, 9.17) is 0 Å². The van der Waals surface area contributed by atoms with Crippen LogP contribution >= 0.6 is 11.3 Å². The molecule has 2 aliphatic heterocycles. The molecule has 9 heteroatoms. The minimum Gasteiger partial charge on any atom is -0.350 e. The van der Waals surface area contributed by atoms with E-state index in [1.54, 1.807) is 17.0 Å². The van der Waals surface area contributed by atoms with Crippen molar-refractivity contribution in [2.45, 2.75) is 38.3 Å². The van der Waals surface area contributed by atoms with Gasteiger partial charge in [-0.15, -0.1) is 10.2 Å². The average Bonchev–Trinajstić information content (AvgIpc) is 3.40. The van der Waals surface area contributed by atoms with Gasteiger partial charge in [-0.2, -0.15) is 0 Å². The molecule has 2 saturated heterocycles. The predicted octanol–water partition coefficient (Wildman–Crippen LogP) is 2.09. The van der Waals surface area contributed by atoms with Gasteiger partial charge < -0.3 is 10.2 Å². The van der Waals surface area contributed by atoms with E-state index in [-0.39, 0.29) is 23.7 Å². The second-order valence-electron chi connectivity index (χ2n) is 6.71. The zero-order chi connectivity index (χ0) is 18.8. The van der Waals surface area contributed by atoms with Gasteiger partial charge in [0.1, 0.15) is 11.9 Å². The SMILES string of the molecule is O=C(NCc1ccc(F)cc1)[C@H]1CCCN1c1nnc(N2CCCC2=O)s1. The molecule has 0 unspecified atom stereocenters. The Morgan fingerprint density at radius 1 is 1.19 bits per heavy atom. The van der Waals surface area contributed by atoms with Crippen molar-refractivity contribution in [3.63, 3.8) is 0 Å². The van der Waals surface area contributed by atoms with Gasteiger partial charge in [-0.3, -0.25) is 14.5 Å². The summed E-state index contributed by atoms with van der Waals surface area (Å²) in [5, 5.41) is 12.6. The molecule has 2 aromatic rings. The number of hydrogen-bond donors (Lipinski definition) is 1. The van der Waals surface area contributed by atoms with Crippen molar-refractivity contribution in [1.29, 1.82) is 0 Å². The van der Waals surface area contributed by atoms with E-state index in [0.717, 1.165) is 31.4 Å². The van der Waals surface area contributed by atoms with Gasteiger partial charge in [-0.25, -0.2) is 4.39 Å². The molecule has 27 heavy (non-hydrogen) atoms. The van der Waals surface area contributed by atoms with E-state index >= 15 is 0 Å². The second kappa shape index (κ2) is 7.59. The number of halogens is 1. The van der Waals surface area contributed by atoms with E-state index in [9.17, 15) is 14.0 Å². The van der Waals surface area contributed by atoms with Crippen molar-refractivity contribution < 1.29 is 14.0 Å². The number of benzene rings is 1. The molecule has 142 valence electrons. The summed E-state index contributed by atoms with van der Waals surface area (Å²) in [5.74, 6) is -0.297. The summed E-state index contributed by atoms with van der Waals surface area (Å²) < 4.78 is 13.0. The number of rotatable bonds is 5. The molecule has 7 nitrogen and oxygen atoms in total. The van der Waals surface area contributed by atoms with E-state index in [1.165, 1.54) is 23.5 Å². The van der Waals surface area contributed by atoms with Crippen LogP contribution in [0.1, 0.15) is 31.2 Å². The van der Waals surface area contributed by atoms with Crippen LogP contribution in [0.4, 0.5) is 14.7 Å². The Hall–Kier alpha value is -2.55. The third-order valence-electron chi connectivity index (χ3n) is 4.89. The lowest BCUT2D eigenvalue weighted by Gasteiger charge is -2.22. The first-order valence-electron chi connectivity index (χ1n) is 9.04. The number of amides is 2. The van der Waals surface area contributed by atoms with Gasteiger partial charge in [0, 0.05) is 26.1 Å². The minimum atomic E-state index is -0.305. The molecule has 0 aliphatic carbocycles. The molecule has 0 saturated carbocycles. The highest BCUT2D eigenvalue weighted by Crippen LogP contribution is 2.33. The average molecular weight is 389 g/mol. The lowest BCUT2D eigenvalue weighted by Crippen LogP contribution is -2.43. The molecule has 4 rings (SSSR count). The number of anilines is 2. The molecule has 1 N–H and O–H groups in total. The van der Waals surface area contributed by atoms with Gasteiger partial charge in [0.05, 0.1) is 0 Å². The van der Waals surface area contributed by atoms with E-state index < -0.39 is 0 Å². The third-order valence-corrected chi connectivity index (χ3v) is 5.87. The Bertz CT molecular complexity index is 841. The molecule has 1 atom stereocenters. The molecule has 0 spiro atoms. The third kappa shape index (κ3) is 3.78. The molecule has 2 amide bonds. The maximum Gasteiger partial charge on any atom is 0.243 e. The Balaban J connectivity index is 1.41. The maximum absolute atomic E-state index is 13.0. The standard InChI is InChI=1S/C18H20FN5O2S/c19-13-7-5-12(6-8-13)11-20-16(26)14-3-1-9-23(14)17-21-22-18(27-17)24-10-2-4-15(24)25/h5-8,14H,1-4,9-11H2,(H,20,26)/t14-/m1/s1. The summed E-state index contributed by atoms with van der Waals surface area (Å²) in [6.45, 7) is 1.76. The molecule has 0 bridgehead atoms. The molecule has 0 radical (unpaired) electrons. The first-order valence-corrected chi connectivity index (χ1v) is 9.86. The van der Waals surface area contributed by atoms with Crippen molar-refractivity contribution in [1.82, 2.24) is 15.5 Å². The lowest BCUT2D eigenvalue weighted by molar-refractivity contribution is -0.122. The van der Waals surface area contributed by atoms with Crippen LogP contribution in [0, 0.1) is 5.82 Å². The summed E-state index contributed by atoms with van der Waals surface area (Å²) in [7, 11) is 0. The van der Waals surface area contributed by atoms with E-state index in [0.29, 0.717) is 29.8 Å². The Labute approximate surface area is 160 Å². The summed E-state index contributed by atoms with van der Waals surface area (Å²) in [4.78, 5) is 28.2. The summed E-state index contributed by atoms with van der Waals surface area (Å²) in [5.41, 5.74) is 0.847. The van der Waals surface area contributed by atoms with E-state index in [2.05, 4.69) is 15.5 Å². The fourth-order valence-electron chi connectivity index (χ4n) is 3.46. The van der Waals surface area contributed by atoms with Crippen molar-refractivity contribution in [2.24, 2.45) is 0 Å². The van der Waals surface area contributed by atoms with Crippen LogP contribution < -0.4 is 15.1 Å². The second-order valence-corrected chi connectivity index (χ2v) is 7.65. The highest BCUT2D eigenvalue weighted by atomic mass is 32.1. The maximum atomic E-state index is 13.0. The number of aromatic nitrogens is 2. The monoisotopic (exact) mass is 389 g/mol. The zero-order valence-corrected chi connectivity index (χ0v) is 15.5. The van der Waals surface area contributed by atoms with Crippen molar-refractivity contribution in [3.8, 4) is 0 Å². The van der Waals surface area contributed by atoms with Gasteiger partial charge in [0.25, 0.3) is 0 Å². The van der Waals surface area contributed by atoms with Crippen molar-refractivity contribution in [3.05, 3.63) is 35.6 Å². The van der Waals surface area contributed by atoms with Crippen LogP contribution in [-0.2, 0) is 16.1 Å². The molecule has 3 heterocycles. The van der Waals surface area contributed by atoms with Gasteiger partial charge in [-0.05, 0) is 37.0 Å². The smallest absolute Gasteiger partial charge is 0.243 e. The topological polar surface area (TPSA) is 78.4 Å². The largest absolute Gasteiger partial charge is 0.350 e. The quantitative estimate of drug-likeness (QED) is 0.847. The number of carbonyl (C=O) groups is 2. The number of hydrogen-bond acceptors (Lipinski definition) is 6. The van der Waals surface area contributed by atoms with Gasteiger partial charge >= 0.3 is 0 Å². The fraction of sp³-hybridized carbons (Fsp3) is 0.444. The van der Waals surface area contributed by atoms with Gasteiger partial charge in [-0.1, -0.05) is 23.5 Å². The minimum absolute atomic E-state index is 0.0766. The van der Waals surface area contributed by atoms with Gasteiger partial charge in [0.15, 0.2) is 0 Å².